The van der Waals surface area contributed by atoms with Crippen molar-refractivity contribution in [3.05, 3.63) is 34.7 Å². The Morgan fingerprint density at radius 1 is 1.35 bits per heavy atom. The van der Waals surface area contributed by atoms with Gasteiger partial charge in [-0.25, -0.2) is 4.98 Å². The number of thiazole rings is 1. The van der Waals surface area contributed by atoms with Gasteiger partial charge in [0, 0.05) is 17.4 Å². The summed E-state index contributed by atoms with van der Waals surface area (Å²) in [6.45, 7) is 2.49. The van der Waals surface area contributed by atoms with Crippen molar-refractivity contribution in [1.29, 1.82) is 0 Å². The summed E-state index contributed by atoms with van der Waals surface area (Å²) in [5, 5.41) is 5.79. The molecule has 1 N–H and O–H groups in total. The summed E-state index contributed by atoms with van der Waals surface area (Å²) in [6.07, 6.45) is 1.43. The van der Waals surface area contributed by atoms with Crippen molar-refractivity contribution < 1.29 is 9.53 Å². The molecule has 0 aliphatic carbocycles. The van der Waals surface area contributed by atoms with Crippen LogP contribution in [-0.4, -0.2) is 18.0 Å². The zero-order chi connectivity index (χ0) is 14.4. The minimum absolute atomic E-state index is 0.0775. The Kier molecular flexibility index (Phi) is 5.12. The highest BCUT2D eigenvalue weighted by molar-refractivity contribution is 7.09. The van der Waals surface area contributed by atoms with E-state index in [0.717, 1.165) is 28.4 Å². The third-order valence-electron chi connectivity index (χ3n) is 2.85. The highest BCUT2D eigenvalue weighted by atomic mass is 32.1. The van der Waals surface area contributed by atoms with E-state index < -0.39 is 0 Å². The topological polar surface area (TPSA) is 51.2 Å². The molecule has 106 valence electrons. The summed E-state index contributed by atoms with van der Waals surface area (Å²) in [6, 6.07) is 7.79. The molecule has 5 heteroatoms. The molecule has 2 rings (SSSR count). The first-order chi connectivity index (χ1) is 9.72. The number of rotatable bonds is 6. The van der Waals surface area contributed by atoms with Gasteiger partial charge in [-0.1, -0.05) is 6.92 Å². The van der Waals surface area contributed by atoms with Crippen molar-refractivity contribution >= 4 is 17.2 Å². The molecule has 0 fully saturated rings. The Balaban J connectivity index is 1.99. The van der Waals surface area contributed by atoms with Crippen LogP contribution in [-0.2, 0) is 11.3 Å². The molecular weight excluding hydrogens is 272 g/mol. The van der Waals surface area contributed by atoms with E-state index in [1.807, 2.05) is 36.6 Å². The van der Waals surface area contributed by atoms with E-state index in [1.165, 1.54) is 0 Å². The standard InChI is InChI=1S/C15H18N2O2S/c1-3-4-14(18)16-9-15-17-13(10-20-15)11-5-7-12(19-2)8-6-11/h5-8,10H,3-4,9H2,1-2H3,(H,16,18). The summed E-state index contributed by atoms with van der Waals surface area (Å²) >= 11 is 1.56. The fourth-order valence-corrected chi connectivity index (χ4v) is 2.52. The van der Waals surface area contributed by atoms with Crippen molar-refractivity contribution in [1.82, 2.24) is 10.3 Å². The Labute approximate surface area is 122 Å². The second-order valence-electron chi connectivity index (χ2n) is 4.38. The third kappa shape index (κ3) is 3.81. The van der Waals surface area contributed by atoms with Crippen molar-refractivity contribution in [3.63, 3.8) is 0 Å². The van der Waals surface area contributed by atoms with Gasteiger partial charge in [-0.3, -0.25) is 4.79 Å². The monoisotopic (exact) mass is 290 g/mol. The van der Waals surface area contributed by atoms with Crippen LogP contribution in [0, 0.1) is 0 Å². The van der Waals surface area contributed by atoms with Gasteiger partial charge in [-0.2, -0.15) is 0 Å². The zero-order valence-corrected chi connectivity index (χ0v) is 12.5. The van der Waals surface area contributed by atoms with E-state index in [2.05, 4.69) is 10.3 Å². The minimum Gasteiger partial charge on any atom is -0.497 e. The number of nitrogens with zero attached hydrogens (tertiary/aromatic N) is 1. The van der Waals surface area contributed by atoms with Crippen molar-refractivity contribution in [2.45, 2.75) is 26.3 Å². The fourth-order valence-electron chi connectivity index (χ4n) is 1.78. The molecule has 0 bridgehead atoms. The van der Waals surface area contributed by atoms with Gasteiger partial charge in [-0.15, -0.1) is 11.3 Å². The summed E-state index contributed by atoms with van der Waals surface area (Å²) in [5.41, 5.74) is 1.98. The van der Waals surface area contributed by atoms with Crippen LogP contribution in [0.25, 0.3) is 11.3 Å². The number of nitrogens with one attached hydrogen (secondary N) is 1. The van der Waals surface area contributed by atoms with Crippen LogP contribution in [0.15, 0.2) is 29.6 Å². The zero-order valence-electron chi connectivity index (χ0n) is 11.7. The number of hydrogen-bond donors (Lipinski definition) is 1. The molecule has 2 aromatic rings. The van der Waals surface area contributed by atoms with Crippen LogP contribution in [0.2, 0.25) is 0 Å². The van der Waals surface area contributed by atoms with Gasteiger partial charge < -0.3 is 10.1 Å². The lowest BCUT2D eigenvalue weighted by Gasteiger charge is -2.01. The van der Waals surface area contributed by atoms with Gasteiger partial charge in [-0.05, 0) is 30.7 Å². The Bertz CT molecular complexity index is 564. The molecule has 0 radical (unpaired) electrons. The van der Waals surface area contributed by atoms with E-state index in [4.69, 9.17) is 4.74 Å². The second-order valence-corrected chi connectivity index (χ2v) is 5.32. The predicted molar refractivity (Wildman–Crippen MR) is 80.9 cm³/mol. The van der Waals surface area contributed by atoms with Gasteiger partial charge in [0.05, 0.1) is 19.3 Å². The summed E-state index contributed by atoms with van der Waals surface area (Å²) in [7, 11) is 1.65. The molecule has 0 unspecified atom stereocenters. The fraction of sp³-hybridized carbons (Fsp3) is 0.333. The van der Waals surface area contributed by atoms with Gasteiger partial charge in [0.25, 0.3) is 0 Å². The average Bonchev–Trinajstić information content (AvgIpc) is 2.94. The van der Waals surface area contributed by atoms with Crippen molar-refractivity contribution in [3.8, 4) is 17.0 Å². The molecule has 0 aliphatic heterocycles. The molecule has 0 aliphatic rings. The quantitative estimate of drug-likeness (QED) is 0.888. The van der Waals surface area contributed by atoms with E-state index in [0.29, 0.717) is 13.0 Å². The molecule has 1 aromatic carbocycles. The Hall–Kier alpha value is -1.88. The van der Waals surface area contributed by atoms with Crippen LogP contribution >= 0.6 is 11.3 Å². The average molecular weight is 290 g/mol. The lowest BCUT2D eigenvalue weighted by Crippen LogP contribution is -2.21. The number of benzene rings is 1. The van der Waals surface area contributed by atoms with Crippen molar-refractivity contribution in [2.24, 2.45) is 0 Å². The number of ether oxygens (including phenoxy) is 1. The second kappa shape index (κ2) is 7.05. The number of hydrogen-bond acceptors (Lipinski definition) is 4. The highest BCUT2D eigenvalue weighted by Gasteiger charge is 2.06. The maximum Gasteiger partial charge on any atom is 0.220 e. The number of amides is 1. The molecule has 20 heavy (non-hydrogen) atoms. The molecule has 0 atom stereocenters. The largest absolute Gasteiger partial charge is 0.497 e. The first kappa shape index (κ1) is 14.5. The summed E-state index contributed by atoms with van der Waals surface area (Å²) in [5.74, 6) is 0.907. The SMILES string of the molecule is CCCC(=O)NCc1nc(-c2ccc(OC)cc2)cs1. The summed E-state index contributed by atoms with van der Waals surface area (Å²) < 4.78 is 5.13. The maximum absolute atomic E-state index is 11.4. The van der Waals surface area contributed by atoms with E-state index in [1.54, 1.807) is 18.4 Å². The molecule has 0 saturated heterocycles. The molecular formula is C15H18N2O2S. The first-order valence-electron chi connectivity index (χ1n) is 6.58. The normalized spacial score (nSPS) is 10.3. The number of carbonyl (C=O) groups is 1. The number of carbonyl (C=O) groups excluding carboxylic acids is 1. The smallest absolute Gasteiger partial charge is 0.220 e. The highest BCUT2D eigenvalue weighted by Crippen LogP contribution is 2.24. The first-order valence-corrected chi connectivity index (χ1v) is 7.46. The number of aromatic nitrogens is 1. The number of methoxy groups -OCH3 is 1. The third-order valence-corrected chi connectivity index (χ3v) is 3.70. The van der Waals surface area contributed by atoms with Gasteiger partial charge in [0.15, 0.2) is 0 Å². The van der Waals surface area contributed by atoms with Crippen LogP contribution in [0.1, 0.15) is 24.8 Å². The van der Waals surface area contributed by atoms with E-state index >= 15 is 0 Å². The van der Waals surface area contributed by atoms with Gasteiger partial charge in [0.1, 0.15) is 10.8 Å². The van der Waals surface area contributed by atoms with E-state index in [9.17, 15) is 4.79 Å². The summed E-state index contributed by atoms with van der Waals surface area (Å²) in [4.78, 5) is 15.9. The molecule has 1 heterocycles. The Morgan fingerprint density at radius 3 is 2.75 bits per heavy atom. The molecule has 1 aromatic heterocycles. The van der Waals surface area contributed by atoms with Crippen LogP contribution in [0.4, 0.5) is 0 Å². The van der Waals surface area contributed by atoms with Crippen LogP contribution in [0.5, 0.6) is 5.75 Å². The predicted octanol–water partition coefficient (Wildman–Crippen LogP) is 3.24. The van der Waals surface area contributed by atoms with E-state index in [-0.39, 0.29) is 5.91 Å². The van der Waals surface area contributed by atoms with Crippen molar-refractivity contribution in [2.75, 3.05) is 7.11 Å². The lowest BCUT2D eigenvalue weighted by atomic mass is 10.2. The van der Waals surface area contributed by atoms with Gasteiger partial charge >= 0.3 is 0 Å². The Morgan fingerprint density at radius 2 is 2.10 bits per heavy atom. The maximum atomic E-state index is 11.4. The van der Waals surface area contributed by atoms with Crippen LogP contribution < -0.4 is 10.1 Å². The lowest BCUT2D eigenvalue weighted by molar-refractivity contribution is -0.121. The minimum atomic E-state index is 0.0775. The molecule has 0 spiro atoms. The van der Waals surface area contributed by atoms with Gasteiger partial charge in [0.2, 0.25) is 5.91 Å². The van der Waals surface area contributed by atoms with Crippen LogP contribution in [0.3, 0.4) is 0 Å². The molecule has 0 saturated carbocycles. The molecule has 4 nitrogen and oxygen atoms in total. The molecule has 1 amide bonds.